The van der Waals surface area contributed by atoms with Crippen molar-refractivity contribution in [1.29, 1.82) is 0 Å². The highest BCUT2D eigenvalue weighted by Gasteiger charge is 2.12. The van der Waals surface area contributed by atoms with Crippen LogP contribution < -0.4 is 10.2 Å². The minimum absolute atomic E-state index is 0.307. The monoisotopic (exact) mass is 348 g/mol. The number of aryl methyl sites for hydroxylation is 2. The number of furan rings is 1. The van der Waals surface area contributed by atoms with Gasteiger partial charge in [0.15, 0.2) is 0 Å². The van der Waals surface area contributed by atoms with E-state index in [9.17, 15) is 4.79 Å². The van der Waals surface area contributed by atoms with Crippen LogP contribution in [0.5, 0.6) is 5.75 Å². The van der Waals surface area contributed by atoms with Gasteiger partial charge in [-0.3, -0.25) is 4.79 Å². The fraction of sp³-hybridized carbons (Fsp3) is 0.143. The average molecular weight is 348 g/mol. The summed E-state index contributed by atoms with van der Waals surface area (Å²) in [6.45, 7) is 4.01. The Morgan fingerprint density at radius 2 is 1.85 bits per heavy atom. The summed E-state index contributed by atoms with van der Waals surface area (Å²) < 4.78 is 11.2. The number of hydrazone groups is 1. The third-order valence-corrected chi connectivity index (χ3v) is 3.81. The van der Waals surface area contributed by atoms with E-state index in [1.807, 2.05) is 54.6 Å². The third kappa shape index (κ3) is 4.39. The van der Waals surface area contributed by atoms with Gasteiger partial charge < -0.3 is 9.15 Å². The normalized spacial score (nSPS) is 10.8. The molecule has 0 aliphatic rings. The Balaban J connectivity index is 1.65. The fourth-order valence-electron chi connectivity index (χ4n) is 2.53. The molecule has 0 unspecified atom stereocenters. The van der Waals surface area contributed by atoms with Gasteiger partial charge in [0.25, 0.3) is 5.91 Å². The minimum atomic E-state index is -0.307. The van der Waals surface area contributed by atoms with Crippen LogP contribution in [0.4, 0.5) is 0 Å². The van der Waals surface area contributed by atoms with Crippen LogP contribution in [-0.2, 0) is 6.61 Å². The second-order valence-corrected chi connectivity index (χ2v) is 5.84. The topological polar surface area (TPSA) is 63.8 Å². The number of nitrogens with zero attached hydrogens (tertiary/aromatic N) is 1. The van der Waals surface area contributed by atoms with Crippen LogP contribution in [0.15, 0.2) is 70.2 Å². The Hall–Kier alpha value is -3.34. The van der Waals surface area contributed by atoms with E-state index in [2.05, 4.69) is 10.5 Å². The molecule has 5 heteroatoms. The molecule has 1 aromatic heterocycles. The first-order chi connectivity index (χ1) is 12.6. The van der Waals surface area contributed by atoms with E-state index < -0.39 is 0 Å². The van der Waals surface area contributed by atoms with Crippen molar-refractivity contribution in [3.8, 4) is 5.75 Å². The molecule has 0 saturated heterocycles. The van der Waals surface area contributed by atoms with Crippen LogP contribution in [0.3, 0.4) is 0 Å². The summed E-state index contributed by atoms with van der Waals surface area (Å²) in [4.78, 5) is 12.1. The lowest BCUT2D eigenvalue weighted by Crippen LogP contribution is -2.17. The average Bonchev–Trinajstić information content (AvgIpc) is 3.00. The van der Waals surface area contributed by atoms with Gasteiger partial charge in [-0.1, -0.05) is 42.5 Å². The number of amides is 1. The molecule has 1 N–H and O–H groups in total. The Bertz CT molecular complexity index is 914. The van der Waals surface area contributed by atoms with Gasteiger partial charge in [-0.2, -0.15) is 5.10 Å². The molecule has 1 amide bonds. The first-order valence-electron chi connectivity index (χ1n) is 8.29. The smallest absolute Gasteiger partial charge is 0.274 e. The predicted molar refractivity (Wildman–Crippen MR) is 100 cm³/mol. The summed E-state index contributed by atoms with van der Waals surface area (Å²) in [6.07, 6.45) is 1.57. The number of carbonyl (C=O) groups is 1. The lowest BCUT2D eigenvalue weighted by atomic mass is 10.2. The molecule has 26 heavy (non-hydrogen) atoms. The molecule has 2 aromatic carbocycles. The quantitative estimate of drug-likeness (QED) is 0.535. The lowest BCUT2D eigenvalue weighted by molar-refractivity contribution is 0.0953. The summed E-state index contributed by atoms with van der Waals surface area (Å²) in [6, 6.07) is 19.2. The molecular weight excluding hydrogens is 328 g/mol. The van der Waals surface area contributed by atoms with E-state index >= 15 is 0 Å². The van der Waals surface area contributed by atoms with E-state index in [0.29, 0.717) is 29.4 Å². The van der Waals surface area contributed by atoms with Crippen molar-refractivity contribution in [2.45, 2.75) is 20.5 Å². The van der Waals surface area contributed by atoms with Gasteiger partial charge in [-0.25, -0.2) is 5.43 Å². The maximum absolute atomic E-state index is 12.1. The lowest BCUT2D eigenvalue weighted by Gasteiger charge is -2.08. The van der Waals surface area contributed by atoms with Crippen molar-refractivity contribution in [2.24, 2.45) is 5.10 Å². The van der Waals surface area contributed by atoms with E-state index in [0.717, 1.165) is 11.1 Å². The summed E-state index contributed by atoms with van der Waals surface area (Å²) >= 11 is 0. The molecule has 0 spiro atoms. The van der Waals surface area contributed by atoms with Crippen LogP contribution in [0.2, 0.25) is 0 Å². The molecule has 0 bridgehead atoms. The van der Waals surface area contributed by atoms with Gasteiger partial charge in [0.05, 0.1) is 11.8 Å². The highest BCUT2D eigenvalue weighted by Crippen LogP contribution is 2.18. The zero-order valence-corrected chi connectivity index (χ0v) is 14.7. The van der Waals surface area contributed by atoms with Crippen LogP contribution in [0, 0.1) is 13.8 Å². The van der Waals surface area contributed by atoms with Crippen molar-refractivity contribution in [1.82, 2.24) is 5.43 Å². The highest BCUT2D eigenvalue weighted by atomic mass is 16.5. The first-order valence-corrected chi connectivity index (χ1v) is 8.29. The van der Waals surface area contributed by atoms with E-state index in [1.165, 1.54) is 0 Å². The Morgan fingerprint density at radius 1 is 1.12 bits per heavy atom. The third-order valence-electron chi connectivity index (χ3n) is 3.81. The number of benzene rings is 2. The van der Waals surface area contributed by atoms with Crippen molar-refractivity contribution < 1.29 is 13.9 Å². The van der Waals surface area contributed by atoms with Gasteiger partial charge >= 0.3 is 0 Å². The molecular formula is C21H20N2O3. The molecule has 0 saturated carbocycles. The summed E-state index contributed by atoms with van der Waals surface area (Å²) in [5.41, 5.74) is 4.86. The summed E-state index contributed by atoms with van der Waals surface area (Å²) in [5, 5.41) is 4.04. The Kier molecular flexibility index (Phi) is 5.49. The second kappa shape index (κ2) is 8.16. The van der Waals surface area contributed by atoms with Crippen LogP contribution in [0.25, 0.3) is 0 Å². The minimum Gasteiger partial charge on any atom is -0.488 e. The van der Waals surface area contributed by atoms with Crippen molar-refractivity contribution in [3.05, 3.63) is 88.9 Å². The largest absolute Gasteiger partial charge is 0.488 e. The SMILES string of the molecule is Cc1cc(C(=O)N/N=C\c2ccccc2OCc2ccccc2)c(C)o1. The molecule has 5 nitrogen and oxygen atoms in total. The number of para-hydroxylation sites is 1. The number of hydrogen-bond acceptors (Lipinski definition) is 4. The van der Waals surface area contributed by atoms with Gasteiger partial charge in [0.1, 0.15) is 23.9 Å². The Labute approximate surface area is 152 Å². The highest BCUT2D eigenvalue weighted by molar-refractivity contribution is 5.96. The summed E-state index contributed by atoms with van der Waals surface area (Å²) in [7, 11) is 0. The standard InChI is InChI=1S/C21H20N2O3/c1-15-12-19(16(2)26-15)21(24)23-22-13-18-10-6-7-11-20(18)25-14-17-8-4-3-5-9-17/h3-13H,14H2,1-2H3,(H,23,24)/b22-13-. The number of hydrogen-bond donors (Lipinski definition) is 1. The molecule has 0 aliphatic carbocycles. The second-order valence-electron chi connectivity index (χ2n) is 5.84. The molecule has 3 rings (SSSR count). The number of nitrogens with one attached hydrogen (secondary N) is 1. The molecule has 1 heterocycles. The molecule has 0 fully saturated rings. The number of carbonyl (C=O) groups excluding carboxylic acids is 1. The van der Waals surface area contributed by atoms with Gasteiger partial charge in [-0.05, 0) is 37.6 Å². The zero-order valence-electron chi connectivity index (χ0n) is 14.7. The predicted octanol–water partition coefficient (Wildman–Crippen LogP) is 4.24. The first kappa shape index (κ1) is 17.5. The number of rotatable bonds is 6. The number of ether oxygens (including phenoxy) is 1. The van der Waals surface area contributed by atoms with Crippen LogP contribution in [-0.4, -0.2) is 12.1 Å². The van der Waals surface area contributed by atoms with Gasteiger partial charge in [0.2, 0.25) is 0 Å². The van der Waals surface area contributed by atoms with E-state index in [1.54, 1.807) is 26.1 Å². The van der Waals surface area contributed by atoms with Crippen LogP contribution in [0.1, 0.15) is 33.0 Å². The molecule has 0 aliphatic heterocycles. The van der Waals surface area contributed by atoms with Crippen molar-refractivity contribution in [3.63, 3.8) is 0 Å². The van der Waals surface area contributed by atoms with Crippen molar-refractivity contribution in [2.75, 3.05) is 0 Å². The van der Waals surface area contributed by atoms with E-state index in [-0.39, 0.29) is 5.91 Å². The maximum Gasteiger partial charge on any atom is 0.274 e. The van der Waals surface area contributed by atoms with E-state index in [4.69, 9.17) is 9.15 Å². The van der Waals surface area contributed by atoms with Gasteiger partial charge in [-0.15, -0.1) is 0 Å². The molecule has 0 radical (unpaired) electrons. The van der Waals surface area contributed by atoms with Crippen molar-refractivity contribution >= 4 is 12.1 Å². The molecule has 3 aromatic rings. The van der Waals surface area contributed by atoms with Crippen LogP contribution >= 0.6 is 0 Å². The Morgan fingerprint density at radius 3 is 2.58 bits per heavy atom. The zero-order chi connectivity index (χ0) is 18.4. The summed E-state index contributed by atoms with van der Waals surface area (Å²) in [5.74, 6) is 1.65. The maximum atomic E-state index is 12.1. The fourth-order valence-corrected chi connectivity index (χ4v) is 2.53. The molecule has 132 valence electrons. The molecule has 0 atom stereocenters. The van der Waals surface area contributed by atoms with Gasteiger partial charge in [0, 0.05) is 5.56 Å².